The molecule has 0 saturated carbocycles. The minimum atomic E-state index is -3.85. The van der Waals surface area contributed by atoms with Crippen molar-refractivity contribution in [2.45, 2.75) is 24.2 Å². The number of anilines is 1. The Hall–Kier alpha value is -3.52. The van der Waals surface area contributed by atoms with E-state index in [4.69, 9.17) is 9.47 Å². The van der Waals surface area contributed by atoms with E-state index in [0.717, 1.165) is 11.1 Å². The van der Waals surface area contributed by atoms with Gasteiger partial charge in [-0.1, -0.05) is 36.4 Å². The van der Waals surface area contributed by atoms with Gasteiger partial charge in [-0.05, 0) is 54.7 Å². The summed E-state index contributed by atoms with van der Waals surface area (Å²) in [5, 5.41) is 9.34. The molecule has 3 rings (SSSR count). The minimum Gasteiger partial charge on any atom is -0.493 e. The SMILES string of the molecule is COc1ccc(S(=O)(=O)Nc2ccccc2CCCc2ccccc2C(=O)O)cc1OC. The van der Waals surface area contributed by atoms with Crippen LogP contribution >= 0.6 is 0 Å². The number of hydrogen-bond donors (Lipinski definition) is 2. The Morgan fingerprint density at radius 2 is 1.50 bits per heavy atom. The highest BCUT2D eigenvalue weighted by Gasteiger charge is 2.18. The van der Waals surface area contributed by atoms with Crippen LogP contribution in [0.1, 0.15) is 27.9 Å². The number of sulfonamides is 1. The van der Waals surface area contributed by atoms with E-state index >= 15 is 0 Å². The third-order valence-electron chi connectivity index (χ3n) is 5.07. The van der Waals surface area contributed by atoms with Crippen molar-refractivity contribution in [2.75, 3.05) is 18.9 Å². The van der Waals surface area contributed by atoms with E-state index in [9.17, 15) is 18.3 Å². The molecule has 0 heterocycles. The fourth-order valence-corrected chi connectivity index (χ4v) is 4.56. The lowest BCUT2D eigenvalue weighted by Gasteiger charge is -2.14. The number of carboxylic acid groups (broad SMARTS) is 1. The summed E-state index contributed by atoms with van der Waals surface area (Å²) in [7, 11) is -0.926. The predicted octanol–water partition coefficient (Wildman–Crippen LogP) is 4.38. The smallest absolute Gasteiger partial charge is 0.335 e. The van der Waals surface area contributed by atoms with Crippen LogP contribution in [0.2, 0.25) is 0 Å². The molecule has 0 bridgehead atoms. The summed E-state index contributed by atoms with van der Waals surface area (Å²) in [5.41, 5.74) is 2.34. The van der Waals surface area contributed by atoms with Gasteiger partial charge in [-0.2, -0.15) is 0 Å². The Morgan fingerprint density at radius 1 is 0.875 bits per heavy atom. The second-order valence-electron chi connectivity index (χ2n) is 7.10. The zero-order valence-corrected chi connectivity index (χ0v) is 18.7. The number of para-hydroxylation sites is 1. The third-order valence-corrected chi connectivity index (χ3v) is 6.43. The Kier molecular flexibility index (Phi) is 7.37. The number of ether oxygens (including phenoxy) is 2. The number of carboxylic acids is 1. The molecule has 0 spiro atoms. The lowest BCUT2D eigenvalue weighted by molar-refractivity contribution is 0.0695. The maximum Gasteiger partial charge on any atom is 0.335 e. The number of methoxy groups -OCH3 is 2. The van der Waals surface area contributed by atoms with Crippen molar-refractivity contribution in [1.82, 2.24) is 0 Å². The lowest BCUT2D eigenvalue weighted by Crippen LogP contribution is -2.14. The first-order chi connectivity index (χ1) is 15.4. The van der Waals surface area contributed by atoms with E-state index in [2.05, 4.69) is 4.72 Å². The molecule has 0 atom stereocenters. The first kappa shape index (κ1) is 23.1. The second-order valence-corrected chi connectivity index (χ2v) is 8.78. The quantitative estimate of drug-likeness (QED) is 0.470. The molecule has 32 heavy (non-hydrogen) atoms. The molecule has 2 N–H and O–H groups in total. The lowest BCUT2D eigenvalue weighted by atomic mass is 9.99. The average molecular weight is 456 g/mol. The highest BCUT2D eigenvalue weighted by Crippen LogP contribution is 2.30. The van der Waals surface area contributed by atoms with Crippen molar-refractivity contribution in [3.05, 3.63) is 83.4 Å². The van der Waals surface area contributed by atoms with Crippen LogP contribution < -0.4 is 14.2 Å². The summed E-state index contributed by atoms with van der Waals surface area (Å²) in [4.78, 5) is 11.4. The van der Waals surface area contributed by atoms with Crippen LogP contribution in [-0.4, -0.2) is 33.7 Å². The van der Waals surface area contributed by atoms with Crippen LogP contribution in [0.25, 0.3) is 0 Å². The maximum atomic E-state index is 13.0. The summed E-state index contributed by atoms with van der Waals surface area (Å²) in [5.74, 6) is -0.196. The normalized spacial score (nSPS) is 11.1. The summed E-state index contributed by atoms with van der Waals surface area (Å²) < 4.78 is 39.0. The fourth-order valence-electron chi connectivity index (χ4n) is 3.44. The number of carbonyl (C=O) groups is 1. The second kappa shape index (κ2) is 10.2. The Labute approximate surface area is 187 Å². The van der Waals surface area contributed by atoms with Gasteiger partial charge in [0.2, 0.25) is 0 Å². The highest BCUT2D eigenvalue weighted by atomic mass is 32.2. The standard InChI is InChI=1S/C24H25NO6S/c1-30-22-15-14-19(16-23(22)31-2)32(28,29)25-21-13-6-4-9-18(21)11-7-10-17-8-3-5-12-20(17)24(26)27/h3-6,8-9,12-16,25H,7,10-11H2,1-2H3,(H,26,27). The van der Waals surface area contributed by atoms with Crippen LogP contribution in [-0.2, 0) is 22.9 Å². The van der Waals surface area contributed by atoms with E-state index in [1.54, 1.807) is 36.4 Å². The van der Waals surface area contributed by atoms with Crippen LogP contribution in [0.3, 0.4) is 0 Å². The third kappa shape index (κ3) is 5.39. The zero-order chi connectivity index (χ0) is 23.1. The van der Waals surface area contributed by atoms with Gasteiger partial charge in [-0.15, -0.1) is 0 Å². The summed E-state index contributed by atoms with van der Waals surface area (Å²) in [6.07, 6.45) is 1.82. The van der Waals surface area contributed by atoms with Gasteiger partial charge in [0, 0.05) is 6.07 Å². The van der Waals surface area contributed by atoms with Crippen LogP contribution in [0.15, 0.2) is 71.6 Å². The van der Waals surface area contributed by atoms with Gasteiger partial charge in [0.1, 0.15) is 0 Å². The number of benzene rings is 3. The van der Waals surface area contributed by atoms with Gasteiger partial charge >= 0.3 is 5.97 Å². The first-order valence-corrected chi connectivity index (χ1v) is 11.5. The number of hydrogen-bond acceptors (Lipinski definition) is 5. The van der Waals surface area contributed by atoms with Crippen molar-refractivity contribution < 1.29 is 27.8 Å². The van der Waals surface area contributed by atoms with Crippen molar-refractivity contribution in [3.8, 4) is 11.5 Å². The van der Waals surface area contributed by atoms with E-state index in [0.29, 0.717) is 36.4 Å². The van der Waals surface area contributed by atoms with Crippen LogP contribution in [0.4, 0.5) is 5.69 Å². The van der Waals surface area contributed by atoms with E-state index in [1.165, 1.54) is 26.4 Å². The van der Waals surface area contributed by atoms with E-state index in [1.807, 2.05) is 18.2 Å². The van der Waals surface area contributed by atoms with Gasteiger partial charge in [0.15, 0.2) is 11.5 Å². The fraction of sp³-hybridized carbons (Fsp3) is 0.208. The molecule has 0 amide bonds. The molecule has 3 aromatic carbocycles. The molecule has 0 saturated heterocycles. The van der Waals surface area contributed by atoms with Crippen molar-refractivity contribution in [1.29, 1.82) is 0 Å². The largest absolute Gasteiger partial charge is 0.493 e. The number of nitrogens with one attached hydrogen (secondary N) is 1. The molecule has 168 valence electrons. The molecular formula is C24H25NO6S. The number of rotatable bonds is 10. The predicted molar refractivity (Wildman–Crippen MR) is 122 cm³/mol. The van der Waals surface area contributed by atoms with Gasteiger partial charge in [-0.3, -0.25) is 4.72 Å². The zero-order valence-electron chi connectivity index (χ0n) is 17.9. The van der Waals surface area contributed by atoms with Gasteiger partial charge in [-0.25, -0.2) is 13.2 Å². The topological polar surface area (TPSA) is 102 Å². The van der Waals surface area contributed by atoms with Crippen molar-refractivity contribution in [3.63, 3.8) is 0 Å². The molecule has 0 aliphatic carbocycles. The van der Waals surface area contributed by atoms with E-state index in [-0.39, 0.29) is 10.5 Å². The molecule has 0 fully saturated rings. The monoisotopic (exact) mass is 455 g/mol. The summed E-state index contributed by atoms with van der Waals surface area (Å²) in [6.45, 7) is 0. The first-order valence-electron chi connectivity index (χ1n) is 9.99. The summed E-state index contributed by atoms with van der Waals surface area (Å²) in [6, 6.07) is 18.5. The van der Waals surface area contributed by atoms with Crippen LogP contribution in [0.5, 0.6) is 11.5 Å². The maximum absolute atomic E-state index is 13.0. The molecule has 0 aliphatic rings. The molecule has 0 unspecified atom stereocenters. The van der Waals surface area contributed by atoms with Gasteiger partial charge in [0.25, 0.3) is 10.0 Å². The molecular weight excluding hydrogens is 430 g/mol. The molecule has 8 heteroatoms. The number of aromatic carboxylic acids is 1. The van der Waals surface area contributed by atoms with Gasteiger partial charge < -0.3 is 14.6 Å². The van der Waals surface area contributed by atoms with Crippen molar-refractivity contribution in [2.24, 2.45) is 0 Å². The Balaban J connectivity index is 1.76. The number of aryl methyl sites for hydroxylation is 2. The molecule has 0 radical (unpaired) electrons. The molecule has 0 aromatic heterocycles. The van der Waals surface area contributed by atoms with Gasteiger partial charge in [0.05, 0.1) is 30.4 Å². The summed E-state index contributed by atoms with van der Waals surface area (Å²) >= 11 is 0. The molecule has 3 aromatic rings. The highest BCUT2D eigenvalue weighted by molar-refractivity contribution is 7.92. The molecule has 0 aliphatic heterocycles. The van der Waals surface area contributed by atoms with Crippen molar-refractivity contribution >= 4 is 21.7 Å². The molecule has 7 nitrogen and oxygen atoms in total. The minimum absolute atomic E-state index is 0.0559. The Morgan fingerprint density at radius 3 is 2.19 bits per heavy atom. The van der Waals surface area contributed by atoms with E-state index < -0.39 is 16.0 Å². The Bertz CT molecular complexity index is 1210. The average Bonchev–Trinajstić information content (AvgIpc) is 2.79. The van der Waals surface area contributed by atoms with Crippen LogP contribution in [0, 0.1) is 0 Å².